The van der Waals surface area contributed by atoms with E-state index in [9.17, 15) is 31.1 Å². The molecule has 0 bridgehead atoms. The van der Waals surface area contributed by atoms with E-state index in [0.717, 1.165) is 18.2 Å². The molecule has 4 rings (SSSR count). The lowest BCUT2D eigenvalue weighted by atomic mass is 10.2. The predicted molar refractivity (Wildman–Crippen MR) is 126 cm³/mol. The van der Waals surface area contributed by atoms with Crippen LogP contribution < -0.4 is 15.4 Å². The molecule has 1 aromatic heterocycles. The fourth-order valence-electron chi connectivity index (χ4n) is 3.25. The zero-order valence-electron chi connectivity index (χ0n) is 18.9. The number of carbonyl (C=O) groups excluding carboxylic acids is 1. The van der Waals surface area contributed by atoms with Crippen molar-refractivity contribution in [2.24, 2.45) is 0 Å². The highest BCUT2D eigenvalue weighted by atomic mass is 35.5. The van der Waals surface area contributed by atoms with Gasteiger partial charge in [0.05, 0.1) is 28.0 Å². The van der Waals surface area contributed by atoms with Crippen LogP contribution in [0, 0.1) is 0 Å². The number of amides is 2. The van der Waals surface area contributed by atoms with Gasteiger partial charge < -0.3 is 15.4 Å². The highest BCUT2D eigenvalue weighted by Gasteiger charge is 2.33. The molecule has 2 amide bonds. The summed E-state index contributed by atoms with van der Waals surface area (Å²) in [5.74, 6) is 0.308. The summed E-state index contributed by atoms with van der Waals surface area (Å²) >= 11 is 5.58. The minimum Gasteiger partial charge on any atom is -0.487 e. The molecule has 0 aliphatic rings. The number of anilines is 2. The molecule has 14 heteroatoms. The van der Waals surface area contributed by atoms with Crippen LogP contribution in [0.3, 0.4) is 0 Å². The van der Waals surface area contributed by atoms with E-state index >= 15 is 0 Å². The largest absolute Gasteiger partial charge is 0.487 e. The van der Waals surface area contributed by atoms with Gasteiger partial charge in [-0.15, -0.1) is 5.10 Å². The van der Waals surface area contributed by atoms with Crippen LogP contribution in [0.5, 0.6) is 5.75 Å². The normalized spacial score (nSPS) is 11.8. The minimum absolute atomic E-state index is 0.0837. The van der Waals surface area contributed by atoms with Gasteiger partial charge in [0.25, 0.3) is 0 Å². The van der Waals surface area contributed by atoms with Gasteiger partial charge in [0.1, 0.15) is 18.1 Å². The molecule has 0 fully saturated rings. The molecule has 0 aliphatic carbocycles. The van der Waals surface area contributed by atoms with Gasteiger partial charge in [0.2, 0.25) is 0 Å². The summed E-state index contributed by atoms with van der Waals surface area (Å²) in [6.45, 7) is -0.0837. The number of benzene rings is 3. The molecule has 3 aromatic carbocycles. The third-order valence-corrected chi connectivity index (χ3v) is 5.32. The number of halogens is 7. The van der Waals surface area contributed by atoms with Gasteiger partial charge in [-0.2, -0.15) is 26.3 Å². The average molecular weight is 556 g/mol. The van der Waals surface area contributed by atoms with Gasteiger partial charge in [-0.3, -0.25) is 0 Å². The van der Waals surface area contributed by atoms with E-state index in [4.69, 9.17) is 16.3 Å². The number of nitrogens with one attached hydrogen (secondary N) is 2. The summed E-state index contributed by atoms with van der Waals surface area (Å²) in [5, 5.41) is 12.0. The average Bonchev–Trinajstić information content (AvgIpc) is 3.32. The van der Waals surface area contributed by atoms with Crippen molar-refractivity contribution >= 4 is 29.0 Å². The van der Waals surface area contributed by atoms with Gasteiger partial charge in [0, 0.05) is 17.4 Å². The van der Waals surface area contributed by atoms with Crippen LogP contribution in [0.2, 0.25) is 5.02 Å². The van der Waals surface area contributed by atoms with Crippen LogP contribution in [0.1, 0.15) is 16.8 Å². The third kappa shape index (κ3) is 6.73. The smallest absolute Gasteiger partial charge is 0.417 e. The standard InChI is InChI=1S/C24H16ClF6N5O2/c25-21-8-7-16(11-20(21)24(29,30)31)33-22(37)32-15-4-2-6-19(10-15)38-13-17-12-36(35-34-17)18-5-1-3-14(9-18)23(26,27)28/h1-12H,13H2,(H2,32,33,37). The van der Waals surface area contributed by atoms with Gasteiger partial charge in [-0.05, 0) is 48.5 Å². The molecule has 4 aromatic rings. The molecule has 1 heterocycles. The number of hydrogen-bond donors (Lipinski definition) is 2. The van der Waals surface area contributed by atoms with E-state index in [1.54, 1.807) is 12.1 Å². The summed E-state index contributed by atoms with van der Waals surface area (Å²) in [6, 6.07) is 12.9. The monoisotopic (exact) mass is 555 g/mol. The summed E-state index contributed by atoms with van der Waals surface area (Å²) < 4.78 is 84.7. The van der Waals surface area contributed by atoms with Crippen molar-refractivity contribution in [1.82, 2.24) is 15.0 Å². The number of hydrogen-bond acceptors (Lipinski definition) is 4. The lowest BCUT2D eigenvalue weighted by Crippen LogP contribution is -2.20. The zero-order valence-corrected chi connectivity index (χ0v) is 19.7. The van der Waals surface area contributed by atoms with Crippen LogP contribution >= 0.6 is 11.6 Å². The fraction of sp³-hybridized carbons (Fsp3) is 0.125. The third-order valence-electron chi connectivity index (χ3n) is 4.99. The molecular weight excluding hydrogens is 540 g/mol. The van der Waals surface area contributed by atoms with Gasteiger partial charge in [0.15, 0.2) is 0 Å². The van der Waals surface area contributed by atoms with Crippen molar-refractivity contribution in [3.63, 3.8) is 0 Å². The molecule has 0 spiro atoms. The number of ether oxygens (including phenoxy) is 1. The molecule has 0 saturated carbocycles. The highest BCUT2D eigenvalue weighted by molar-refractivity contribution is 6.31. The van der Waals surface area contributed by atoms with Gasteiger partial charge >= 0.3 is 18.4 Å². The second kappa shape index (κ2) is 10.6. The number of nitrogens with zero attached hydrogens (tertiary/aromatic N) is 3. The highest BCUT2D eigenvalue weighted by Crippen LogP contribution is 2.36. The Morgan fingerprint density at radius 2 is 1.61 bits per heavy atom. The Kier molecular flexibility index (Phi) is 7.49. The first-order chi connectivity index (χ1) is 17.9. The fourth-order valence-corrected chi connectivity index (χ4v) is 3.47. The Labute approximate surface area is 216 Å². The first-order valence-electron chi connectivity index (χ1n) is 10.6. The van der Waals surface area contributed by atoms with Crippen molar-refractivity contribution < 1.29 is 35.9 Å². The second-order valence-corrected chi connectivity index (χ2v) is 8.20. The summed E-state index contributed by atoms with van der Waals surface area (Å²) in [4.78, 5) is 12.3. The Morgan fingerprint density at radius 1 is 0.895 bits per heavy atom. The van der Waals surface area contributed by atoms with E-state index in [0.29, 0.717) is 17.5 Å². The molecule has 38 heavy (non-hydrogen) atoms. The molecule has 198 valence electrons. The van der Waals surface area contributed by atoms with Crippen molar-refractivity contribution in [3.05, 3.63) is 94.8 Å². The van der Waals surface area contributed by atoms with Crippen molar-refractivity contribution in [3.8, 4) is 11.4 Å². The molecule has 0 saturated heterocycles. The van der Waals surface area contributed by atoms with Crippen LogP contribution in [0.25, 0.3) is 5.69 Å². The molecule has 2 N–H and O–H groups in total. The Morgan fingerprint density at radius 3 is 2.32 bits per heavy atom. The maximum absolute atomic E-state index is 13.0. The first-order valence-corrected chi connectivity index (χ1v) is 11.0. The van der Waals surface area contributed by atoms with Crippen LogP contribution in [0.4, 0.5) is 42.5 Å². The quantitative estimate of drug-likeness (QED) is 0.247. The molecule has 0 unspecified atom stereocenters. The Bertz CT molecular complexity index is 1450. The van der Waals surface area contributed by atoms with E-state index in [2.05, 4.69) is 20.9 Å². The van der Waals surface area contributed by atoms with E-state index in [1.165, 1.54) is 41.2 Å². The number of urea groups is 1. The predicted octanol–water partition coefficient (Wildman–Crippen LogP) is 7.18. The molecule has 0 aliphatic heterocycles. The summed E-state index contributed by atoms with van der Waals surface area (Å²) in [7, 11) is 0. The number of carbonyl (C=O) groups is 1. The van der Waals surface area contributed by atoms with Crippen molar-refractivity contribution in [2.75, 3.05) is 10.6 Å². The molecule has 7 nitrogen and oxygen atoms in total. The van der Waals surface area contributed by atoms with Crippen LogP contribution in [-0.2, 0) is 19.0 Å². The van der Waals surface area contributed by atoms with E-state index in [1.807, 2.05) is 0 Å². The Balaban J connectivity index is 1.37. The SMILES string of the molecule is O=C(Nc1cccc(OCc2cn(-c3cccc(C(F)(F)F)c3)nn2)c1)Nc1ccc(Cl)c(C(F)(F)F)c1. The lowest BCUT2D eigenvalue weighted by molar-refractivity contribution is -0.138. The summed E-state index contributed by atoms with van der Waals surface area (Å²) in [6.07, 6.45) is -7.78. The summed E-state index contributed by atoms with van der Waals surface area (Å²) in [5.41, 5.74) is -1.26. The zero-order chi connectivity index (χ0) is 27.5. The number of rotatable bonds is 6. The van der Waals surface area contributed by atoms with E-state index in [-0.39, 0.29) is 23.7 Å². The second-order valence-electron chi connectivity index (χ2n) is 7.79. The molecule has 0 atom stereocenters. The number of alkyl halides is 6. The number of aromatic nitrogens is 3. The van der Waals surface area contributed by atoms with Crippen LogP contribution in [-0.4, -0.2) is 21.0 Å². The maximum Gasteiger partial charge on any atom is 0.417 e. The first kappa shape index (κ1) is 26.8. The van der Waals surface area contributed by atoms with Crippen molar-refractivity contribution in [1.29, 1.82) is 0 Å². The van der Waals surface area contributed by atoms with Crippen LogP contribution in [0.15, 0.2) is 72.9 Å². The van der Waals surface area contributed by atoms with Gasteiger partial charge in [-0.25, -0.2) is 9.48 Å². The lowest BCUT2D eigenvalue weighted by Gasteiger charge is -2.13. The van der Waals surface area contributed by atoms with Gasteiger partial charge in [-0.1, -0.05) is 28.9 Å². The Hall–Kier alpha value is -4.26. The molecular formula is C24H16ClF6N5O2. The molecule has 0 radical (unpaired) electrons. The van der Waals surface area contributed by atoms with E-state index < -0.39 is 34.5 Å². The minimum atomic E-state index is -4.69. The maximum atomic E-state index is 13.0. The van der Waals surface area contributed by atoms with Crippen molar-refractivity contribution in [2.45, 2.75) is 19.0 Å². The topological polar surface area (TPSA) is 81.1 Å².